The van der Waals surface area contributed by atoms with Gasteiger partial charge in [0.2, 0.25) is 5.91 Å². The fraction of sp³-hybridized carbons (Fsp3) is 0.241. The zero-order valence-electron chi connectivity index (χ0n) is 21.2. The summed E-state index contributed by atoms with van der Waals surface area (Å²) in [6.07, 6.45) is 2.14. The van der Waals surface area contributed by atoms with Crippen molar-refractivity contribution >= 4 is 23.2 Å². The first-order valence-electron chi connectivity index (χ1n) is 12.8. The number of rotatable bonds is 6. The van der Waals surface area contributed by atoms with Gasteiger partial charge >= 0.3 is 0 Å². The maximum atomic E-state index is 13.6. The van der Waals surface area contributed by atoms with Crippen molar-refractivity contribution in [3.8, 4) is 5.75 Å². The van der Waals surface area contributed by atoms with Crippen LogP contribution in [0.25, 0.3) is 5.70 Å². The number of anilines is 2. The lowest BCUT2D eigenvalue weighted by Crippen LogP contribution is -2.51. The van der Waals surface area contributed by atoms with Gasteiger partial charge in [-0.15, -0.1) is 0 Å². The van der Waals surface area contributed by atoms with Crippen LogP contribution in [0.2, 0.25) is 0 Å². The van der Waals surface area contributed by atoms with Crippen LogP contribution in [0.4, 0.5) is 11.6 Å². The van der Waals surface area contributed by atoms with Crippen LogP contribution in [0, 0.1) is 0 Å². The number of allylic oxidation sites excluding steroid dienone is 1. The Morgan fingerprint density at radius 1 is 0.895 bits per heavy atom. The predicted molar refractivity (Wildman–Crippen MR) is 146 cm³/mol. The number of benzene rings is 3. The third kappa shape index (κ3) is 4.47. The monoisotopic (exact) mass is 507 g/mol. The average molecular weight is 508 g/mol. The smallest absolute Gasteiger partial charge is 0.251 e. The van der Waals surface area contributed by atoms with Gasteiger partial charge in [-0.1, -0.05) is 77.9 Å². The van der Waals surface area contributed by atoms with Crippen LogP contribution in [0.5, 0.6) is 5.75 Å². The highest BCUT2D eigenvalue weighted by Crippen LogP contribution is 2.36. The van der Waals surface area contributed by atoms with Crippen molar-refractivity contribution in [2.75, 3.05) is 49.6 Å². The molecule has 0 aliphatic carbocycles. The number of nitrogens with zero attached hydrogens (tertiary/aromatic N) is 7. The second-order valence-electron chi connectivity index (χ2n) is 9.32. The number of methoxy groups -OCH3 is 1. The van der Waals surface area contributed by atoms with Crippen molar-refractivity contribution in [3.05, 3.63) is 102 Å². The molecular formula is C29H29N7O2. The molecule has 1 amide bonds. The van der Waals surface area contributed by atoms with Gasteiger partial charge < -0.3 is 14.5 Å². The molecule has 0 bridgehead atoms. The second-order valence-corrected chi connectivity index (χ2v) is 9.32. The maximum Gasteiger partial charge on any atom is 0.251 e. The number of fused-ring (bicyclic) bond motifs is 1. The number of tetrazole rings is 1. The molecule has 9 nitrogen and oxygen atoms in total. The van der Waals surface area contributed by atoms with Crippen LogP contribution in [0.15, 0.2) is 91.0 Å². The van der Waals surface area contributed by atoms with E-state index < -0.39 is 0 Å². The zero-order valence-corrected chi connectivity index (χ0v) is 21.2. The van der Waals surface area contributed by atoms with E-state index in [1.165, 1.54) is 0 Å². The fourth-order valence-electron chi connectivity index (χ4n) is 5.19. The molecule has 4 aromatic rings. The maximum absolute atomic E-state index is 13.6. The van der Waals surface area contributed by atoms with Crippen LogP contribution in [0.1, 0.15) is 17.2 Å². The molecule has 0 unspecified atom stereocenters. The van der Waals surface area contributed by atoms with E-state index in [0.29, 0.717) is 19.0 Å². The van der Waals surface area contributed by atoms with E-state index in [1.54, 1.807) is 11.8 Å². The van der Waals surface area contributed by atoms with Gasteiger partial charge in [-0.2, -0.15) is 4.68 Å². The quantitative estimate of drug-likeness (QED) is 0.395. The topological polar surface area (TPSA) is 79.6 Å². The van der Waals surface area contributed by atoms with Crippen molar-refractivity contribution in [3.63, 3.8) is 0 Å². The van der Waals surface area contributed by atoms with E-state index >= 15 is 0 Å². The minimum Gasteiger partial charge on any atom is -0.495 e. The molecule has 3 heterocycles. The largest absolute Gasteiger partial charge is 0.495 e. The summed E-state index contributed by atoms with van der Waals surface area (Å²) in [6, 6.07) is 28.1. The number of aromatic nitrogens is 4. The molecule has 6 rings (SSSR count). The van der Waals surface area contributed by atoms with Crippen molar-refractivity contribution < 1.29 is 9.53 Å². The number of hydrogen-bond donors (Lipinski definition) is 0. The molecule has 0 radical (unpaired) electrons. The highest BCUT2D eigenvalue weighted by molar-refractivity contribution is 5.89. The summed E-state index contributed by atoms with van der Waals surface area (Å²) >= 11 is 0. The summed E-state index contributed by atoms with van der Waals surface area (Å²) in [5.41, 5.74) is 4.06. The van der Waals surface area contributed by atoms with E-state index in [1.807, 2.05) is 64.4 Å². The number of piperazine rings is 1. The van der Waals surface area contributed by atoms with Crippen molar-refractivity contribution in [1.82, 2.24) is 25.1 Å². The van der Waals surface area contributed by atoms with Crippen molar-refractivity contribution in [1.29, 1.82) is 0 Å². The molecule has 0 saturated carbocycles. The molecule has 2 aliphatic rings. The third-order valence-electron chi connectivity index (χ3n) is 7.15. The van der Waals surface area contributed by atoms with Crippen molar-refractivity contribution in [2.45, 2.75) is 6.04 Å². The molecule has 1 aromatic heterocycles. The molecule has 1 atom stereocenters. The highest BCUT2D eigenvalue weighted by Gasteiger charge is 2.33. The first-order valence-corrected chi connectivity index (χ1v) is 12.8. The number of carbonyl (C=O) groups is 1. The van der Waals surface area contributed by atoms with Gasteiger partial charge in [0.1, 0.15) is 18.3 Å². The summed E-state index contributed by atoms with van der Waals surface area (Å²) in [6.45, 7) is 2.89. The Balaban J connectivity index is 1.25. The summed E-state index contributed by atoms with van der Waals surface area (Å²) in [4.78, 5) is 19.8. The Kier molecular flexibility index (Phi) is 6.47. The third-order valence-corrected chi connectivity index (χ3v) is 7.15. The molecule has 0 N–H and O–H groups in total. The number of amides is 1. The number of para-hydroxylation sites is 2. The SMILES string of the molecule is COc1ccccc1N1CCN(C(=O)CN2C(c3ccccc3)=C[C@@H](c3ccccc3)n3nnnc32)CC1. The number of hydrogen-bond acceptors (Lipinski definition) is 7. The number of carbonyl (C=O) groups excluding carboxylic acids is 1. The van der Waals surface area contributed by atoms with Gasteiger partial charge in [-0.25, -0.2) is 0 Å². The standard InChI is InChI=1S/C29H29N7O2/c1-38-27-15-9-8-14-24(27)33-16-18-34(19-17-33)28(37)21-35-25(22-10-4-2-5-11-22)20-26(23-12-6-3-7-13-23)36-29(35)30-31-32-36/h2-15,20,26H,16-19,21H2,1H3/t26-/m0/s1. The Bertz CT molecular complexity index is 1430. The van der Waals surface area contributed by atoms with E-state index in [2.05, 4.69) is 56.8 Å². The van der Waals surface area contributed by atoms with Gasteiger partial charge in [-0.3, -0.25) is 9.69 Å². The Morgan fingerprint density at radius 2 is 1.58 bits per heavy atom. The van der Waals surface area contributed by atoms with Gasteiger partial charge in [0.25, 0.3) is 5.95 Å². The molecule has 9 heteroatoms. The van der Waals surface area contributed by atoms with Crippen LogP contribution in [-0.2, 0) is 4.79 Å². The van der Waals surface area contributed by atoms with Crippen LogP contribution < -0.4 is 14.5 Å². The van der Waals surface area contributed by atoms with Crippen molar-refractivity contribution in [2.24, 2.45) is 0 Å². The van der Waals surface area contributed by atoms with Crippen LogP contribution >= 0.6 is 0 Å². The molecule has 2 aliphatic heterocycles. The fourth-order valence-corrected chi connectivity index (χ4v) is 5.19. The van der Waals surface area contributed by atoms with E-state index in [-0.39, 0.29) is 18.5 Å². The predicted octanol–water partition coefficient (Wildman–Crippen LogP) is 3.48. The summed E-state index contributed by atoms with van der Waals surface area (Å²) in [7, 11) is 1.69. The molecule has 38 heavy (non-hydrogen) atoms. The molecule has 192 valence electrons. The molecular weight excluding hydrogens is 478 g/mol. The Morgan fingerprint density at radius 3 is 2.32 bits per heavy atom. The lowest BCUT2D eigenvalue weighted by atomic mass is 10.0. The average Bonchev–Trinajstić information content (AvgIpc) is 3.48. The molecule has 3 aromatic carbocycles. The molecule has 0 spiro atoms. The first-order chi connectivity index (χ1) is 18.7. The van der Waals surface area contributed by atoms with E-state index in [4.69, 9.17) is 4.74 Å². The molecule has 1 fully saturated rings. The lowest BCUT2D eigenvalue weighted by Gasteiger charge is -2.38. The minimum atomic E-state index is -0.174. The molecule has 1 saturated heterocycles. The summed E-state index contributed by atoms with van der Waals surface area (Å²) < 4.78 is 7.32. The van der Waals surface area contributed by atoms with Crippen LogP contribution in [-0.4, -0.2) is 70.8 Å². The highest BCUT2D eigenvalue weighted by atomic mass is 16.5. The Labute approximate surface area is 221 Å². The first kappa shape index (κ1) is 23.7. The van der Waals surface area contributed by atoms with E-state index in [9.17, 15) is 4.79 Å². The van der Waals surface area contributed by atoms with E-state index in [0.717, 1.165) is 41.4 Å². The summed E-state index contributed by atoms with van der Waals surface area (Å²) in [5.74, 6) is 1.44. The lowest BCUT2D eigenvalue weighted by molar-refractivity contribution is -0.129. The normalized spacial score (nSPS) is 17.1. The summed E-state index contributed by atoms with van der Waals surface area (Å²) in [5, 5.41) is 12.6. The zero-order chi connectivity index (χ0) is 25.9. The van der Waals surface area contributed by atoms with Gasteiger partial charge in [-0.05, 0) is 39.8 Å². The van der Waals surface area contributed by atoms with Gasteiger partial charge in [0.15, 0.2) is 0 Å². The van der Waals surface area contributed by atoms with Gasteiger partial charge in [0, 0.05) is 26.2 Å². The van der Waals surface area contributed by atoms with Crippen LogP contribution in [0.3, 0.4) is 0 Å². The van der Waals surface area contributed by atoms with Gasteiger partial charge in [0.05, 0.1) is 18.5 Å². The second kappa shape index (κ2) is 10.4. The number of ether oxygens (including phenoxy) is 1. The minimum absolute atomic E-state index is 0.0409. The Hall–Kier alpha value is -4.66.